The van der Waals surface area contributed by atoms with E-state index in [1.54, 1.807) is 7.11 Å². The van der Waals surface area contributed by atoms with E-state index in [2.05, 4.69) is 27.9 Å². The Labute approximate surface area is 322 Å². The first-order chi connectivity index (χ1) is 23.4. The first-order valence-electron chi connectivity index (χ1n) is 21.4. The number of methoxy groups -OCH3 is 1. The molecule has 1 saturated heterocycles. The third-order valence-electron chi connectivity index (χ3n) is 11.4. The number of likely N-dealkylation sites (N-methyl/N-ethyl adjacent to an activating group) is 1. The predicted molar refractivity (Wildman–Crippen MR) is 203 cm³/mol. The number of ether oxygens (including phenoxy) is 4. The summed E-state index contributed by atoms with van der Waals surface area (Å²) in [5.74, 6) is 0. The van der Waals surface area contributed by atoms with Gasteiger partial charge < -0.3 is 52.5 Å². The highest BCUT2D eigenvalue weighted by atomic mass is 127. The van der Waals surface area contributed by atoms with Gasteiger partial charge in [0, 0.05) is 20.3 Å². The van der Waals surface area contributed by atoms with E-state index in [1.165, 1.54) is 167 Å². The summed E-state index contributed by atoms with van der Waals surface area (Å²) in [6.45, 7) is 6.64. The van der Waals surface area contributed by atoms with Crippen LogP contribution >= 0.6 is 0 Å². The van der Waals surface area contributed by atoms with Gasteiger partial charge in [0.1, 0.15) is 31.0 Å². The summed E-state index contributed by atoms with van der Waals surface area (Å²) < 4.78 is 26.2. The second-order valence-corrected chi connectivity index (χ2v) is 16.1. The van der Waals surface area contributed by atoms with Crippen LogP contribution in [-0.4, -0.2) is 87.3 Å². The van der Waals surface area contributed by atoms with Crippen LogP contribution in [0.1, 0.15) is 194 Å². The molecule has 0 aromatic heterocycles. The molecule has 1 saturated carbocycles. The Morgan fingerprint density at radius 1 is 0.571 bits per heavy atom. The molecule has 2 fully saturated rings. The maximum absolute atomic E-state index is 11.7. The van der Waals surface area contributed by atoms with Gasteiger partial charge in [-0.05, 0) is 38.5 Å². The van der Waals surface area contributed by atoms with E-state index in [9.17, 15) is 5.11 Å². The molecule has 1 aliphatic carbocycles. The lowest BCUT2D eigenvalue weighted by atomic mass is 9.96. The van der Waals surface area contributed by atoms with Crippen molar-refractivity contribution in [1.29, 1.82) is 0 Å². The zero-order chi connectivity index (χ0) is 34.7. The SMILES string of the molecule is CCCCCCCCCCCCCCO[C@H]1[C@@H](OC)O[C@H](C[N+](C)(C)C2CCCC2)[C@@H](O)[C@@H]1OCCCCCCCCCCCCCC.[I-]. The van der Waals surface area contributed by atoms with Crippen LogP contribution in [0.2, 0.25) is 0 Å². The second-order valence-electron chi connectivity index (χ2n) is 16.1. The summed E-state index contributed by atoms with van der Waals surface area (Å²) in [6, 6.07) is 0.627. The molecule has 0 spiro atoms. The lowest BCUT2D eigenvalue weighted by Gasteiger charge is -2.47. The van der Waals surface area contributed by atoms with E-state index >= 15 is 0 Å². The molecule has 1 heterocycles. The Balaban J connectivity index is 0.0000120. The number of hydrogen-bond acceptors (Lipinski definition) is 5. The molecule has 0 unspecified atom stereocenters. The molecule has 0 bridgehead atoms. The molecular formula is C42H84INO5. The second kappa shape index (κ2) is 30.9. The highest BCUT2D eigenvalue weighted by Crippen LogP contribution is 2.32. The van der Waals surface area contributed by atoms with Crippen molar-refractivity contribution in [1.82, 2.24) is 0 Å². The molecule has 6 nitrogen and oxygen atoms in total. The highest BCUT2D eigenvalue weighted by molar-refractivity contribution is 4.92. The molecule has 0 amide bonds. The van der Waals surface area contributed by atoms with Crippen molar-refractivity contribution in [3.63, 3.8) is 0 Å². The van der Waals surface area contributed by atoms with Gasteiger partial charge in [0.15, 0.2) is 6.29 Å². The summed E-state index contributed by atoms with van der Waals surface area (Å²) in [6.07, 6.45) is 34.5. The Morgan fingerprint density at radius 2 is 0.939 bits per heavy atom. The third-order valence-corrected chi connectivity index (χ3v) is 11.4. The Hall–Kier alpha value is 0.490. The van der Waals surface area contributed by atoms with Crippen molar-refractivity contribution in [3.05, 3.63) is 0 Å². The molecule has 2 rings (SSSR count). The van der Waals surface area contributed by atoms with E-state index in [4.69, 9.17) is 18.9 Å². The number of quaternary nitrogens is 1. The number of rotatable bonds is 32. The quantitative estimate of drug-likeness (QED) is 0.0426. The molecule has 1 N–H and O–H groups in total. The molecule has 49 heavy (non-hydrogen) atoms. The Bertz CT molecular complexity index is 721. The Morgan fingerprint density at radius 3 is 1.33 bits per heavy atom. The largest absolute Gasteiger partial charge is 1.00 e. The maximum Gasteiger partial charge on any atom is 0.186 e. The van der Waals surface area contributed by atoms with E-state index in [0.717, 1.165) is 23.9 Å². The van der Waals surface area contributed by atoms with Crippen LogP contribution in [0.3, 0.4) is 0 Å². The number of unbranched alkanes of at least 4 members (excludes halogenated alkanes) is 22. The normalized spacial score (nSPS) is 23.3. The van der Waals surface area contributed by atoms with Gasteiger partial charge in [-0.25, -0.2) is 0 Å². The van der Waals surface area contributed by atoms with Crippen LogP contribution in [0.25, 0.3) is 0 Å². The summed E-state index contributed by atoms with van der Waals surface area (Å²) in [7, 11) is 6.30. The fourth-order valence-electron chi connectivity index (χ4n) is 8.14. The molecule has 0 radical (unpaired) electrons. The summed E-state index contributed by atoms with van der Waals surface area (Å²) in [4.78, 5) is 0. The minimum Gasteiger partial charge on any atom is -1.00 e. The first kappa shape index (κ1) is 47.5. The standard InChI is InChI=1S/C42H84NO5.HI/c1-6-8-10-12-14-16-18-20-22-24-26-30-34-46-40-39(44)38(36-43(3,4)37-32-28-29-33-37)48-42(45-5)41(40)47-35-31-27-25-23-21-19-17-15-13-11-9-7-2;/h37-42,44H,6-36H2,1-5H3;1H/q+1;/p-1/t38-,39-,40+,41-,42+;/m1./s1. The van der Waals surface area contributed by atoms with E-state index in [1.807, 2.05) is 0 Å². The fraction of sp³-hybridized carbons (Fsp3) is 1.00. The zero-order valence-electron chi connectivity index (χ0n) is 33.3. The van der Waals surface area contributed by atoms with Crippen molar-refractivity contribution in [3.8, 4) is 0 Å². The molecule has 1 aliphatic heterocycles. The summed E-state index contributed by atoms with van der Waals surface area (Å²) in [5, 5.41) is 11.7. The van der Waals surface area contributed by atoms with Crippen LogP contribution in [0, 0.1) is 0 Å². The van der Waals surface area contributed by atoms with E-state index in [0.29, 0.717) is 19.3 Å². The van der Waals surface area contributed by atoms with Gasteiger partial charge in [0.05, 0.1) is 20.1 Å². The van der Waals surface area contributed by atoms with Crippen LogP contribution < -0.4 is 24.0 Å². The van der Waals surface area contributed by atoms with Gasteiger partial charge >= 0.3 is 0 Å². The average molecular weight is 810 g/mol. The van der Waals surface area contributed by atoms with Crippen molar-refractivity contribution < 1.29 is 52.5 Å². The maximum atomic E-state index is 11.7. The van der Waals surface area contributed by atoms with E-state index in [-0.39, 0.29) is 30.1 Å². The number of halogens is 1. The summed E-state index contributed by atoms with van der Waals surface area (Å²) >= 11 is 0. The number of aliphatic hydroxyl groups excluding tert-OH is 1. The molecule has 0 aromatic carbocycles. The van der Waals surface area contributed by atoms with Crippen LogP contribution in [0.15, 0.2) is 0 Å². The van der Waals surface area contributed by atoms with E-state index < -0.39 is 24.6 Å². The summed E-state index contributed by atoms with van der Waals surface area (Å²) in [5.41, 5.74) is 0. The van der Waals surface area contributed by atoms with Crippen LogP contribution in [0.4, 0.5) is 0 Å². The molecular weight excluding hydrogens is 725 g/mol. The first-order valence-corrected chi connectivity index (χ1v) is 21.4. The number of hydrogen-bond donors (Lipinski definition) is 1. The third kappa shape index (κ3) is 21.1. The fourth-order valence-corrected chi connectivity index (χ4v) is 8.14. The minimum absolute atomic E-state index is 0. The van der Waals surface area contributed by atoms with Gasteiger partial charge in [-0.2, -0.15) is 0 Å². The van der Waals surface area contributed by atoms with Gasteiger partial charge in [0.25, 0.3) is 0 Å². The minimum atomic E-state index is -0.723. The lowest BCUT2D eigenvalue weighted by molar-refractivity contribution is -0.918. The van der Waals surface area contributed by atoms with Gasteiger partial charge in [0.2, 0.25) is 0 Å². The molecule has 7 heteroatoms. The average Bonchev–Trinajstić information content (AvgIpc) is 3.64. The topological polar surface area (TPSA) is 57.2 Å². The highest BCUT2D eigenvalue weighted by Gasteiger charge is 2.49. The van der Waals surface area contributed by atoms with Crippen LogP contribution in [-0.2, 0) is 18.9 Å². The van der Waals surface area contributed by atoms with Crippen molar-refractivity contribution in [2.24, 2.45) is 0 Å². The van der Waals surface area contributed by atoms with Gasteiger partial charge in [-0.3, -0.25) is 0 Å². The van der Waals surface area contributed by atoms with Gasteiger partial charge in [-0.15, -0.1) is 0 Å². The lowest BCUT2D eigenvalue weighted by Crippen LogP contribution is -3.00. The smallest absolute Gasteiger partial charge is 0.186 e. The monoisotopic (exact) mass is 810 g/mol. The zero-order valence-corrected chi connectivity index (χ0v) is 35.4. The van der Waals surface area contributed by atoms with Gasteiger partial charge in [-0.1, -0.05) is 155 Å². The molecule has 0 aromatic rings. The van der Waals surface area contributed by atoms with Crippen LogP contribution in [0.5, 0.6) is 0 Å². The molecule has 2 aliphatic rings. The molecule has 5 atom stereocenters. The van der Waals surface area contributed by atoms with Crippen molar-refractivity contribution in [2.75, 3.05) is 41.0 Å². The van der Waals surface area contributed by atoms with Crippen molar-refractivity contribution >= 4 is 0 Å². The Kier molecular flexibility index (Phi) is 30.0. The molecule has 294 valence electrons. The van der Waals surface area contributed by atoms with Crippen molar-refractivity contribution in [2.45, 2.75) is 230 Å². The number of nitrogens with zero attached hydrogens (tertiary/aromatic N) is 1. The number of aliphatic hydroxyl groups is 1. The predicted octanol–water partition coefficient (Wildman–Crippen LogP) is 7.91.